The molecule has 0 amide bonds. The molecule has 0 spiro atoms. The van der Waals surface area contributed by atoms with Gasteiger partial charge in [-0.15, -0.1) is 0 Å². The Labute approximate surface area is 143 Å². The molecule has 0 N–H and O–H groups in total. The van der Waals surface area contributed by atoms with Crippen LogP contribution in [-0.2, 0) is 10.2 Å². The van der Waals surface area contributed by atoms with Crippen molar-refractivity contribution < 1.29 is 4.74 Å². The van der Waals surface area contributed by atoms with Gasteiger partial charge in [-0.2, -0.15) is 0 Å². The van der Waals surface area contributed by atoms with Gasteiger partial charge in [-0.25, -0.2) is 0 Å². The summed E-state index contributed by atoms with van der Waals surface area (Å²) in [6.07, 6.45) is 1.80. The van der Waals surface area contributed by atoms with E-state index in [1.807, 2.05) is 0 Å². The molecule has 3 atom stereocenters. The summed E-state index contributed by atoms with van der Waals surface area (Å²) in [7, 11) is 0. The highest BCUT2D eigenvalue weighted by atomic mass is 16.5. The highest BCUT2D eigenvalue weighted by Gasteiger charge is 2.30. The molecule has 1 aliphatic rings. The zero-order valence-corrected chi connectivity index (χ0v) is 16.1. The number of hydrogen-bond donors (Lipinski definition) is 0. The van der Waals surface area contributed by atoms with E-state index >= 15 is 0 Å². The topological polar surface area (TPSA) is 12.5 Å². The Hall–Kier alpha value is -0.860. The molecule has 1 heterocycles. The van der Waals surface area contributed by atoms with Gasteiger partial charge in [-0.05, 0) is 42.7 Å². The van der Waals surface area contributed by atoms with E-state index in [9.17, 15) is 0 Å². The molecule has 0 bridgehead atoms. The molecule has 2 nitrogen and oxygen atoms in total. The van der Waals surface area contributed by atoms with Crippen LogP contribution >= 0.6 is 0 Å². The van der Waals surface area contributed by atoms with E-state index in [0.29, 0.717) is 24.2 Å². The lowest BCUT2D eigenvalue weighted by atomic mass is 9.81. The normalized spacial score (nSPS) is 24.9. The average Bonchev–Trinajstić information content (AvgIpc) is 2.46. The van der Waals surface area contributed by atoms with Crippen LogP contribution in [0.15, 0.2) is 24.3 Å². The van der Waals surface area contributed by atoms with Crippen molar-refractivity contribution in [2.75, 3.05) is 13.1 Å². The number of hydrogen-bond acceptors (Lipinski definition) is 2. The quantitative estimate of drug-likeness (QED) is 0.742. The Morgan fingerprint density at radius 3 is 2.04 bits per heavy atom. The van der Waals surface area contributed by atoms with Gasteiger partial charge in [0.2, 0.25) is 0 Å². The zero-order chi connectivity index (χ0) is 17.2. The Bertz CT molecular complexity index is 481. The molecule has 1 saturated heterocycles. The van der Waals surface area contributed by atoms with E-state index in [-0.39, 0.29) is 5.41 Å². The second-order valence-electron chi connectivity index (χ2n) is 8.26. The van der Waals surface area contributed by atoms with E-state index in [1.54, 1.807) is 0 Å². The number of benzene rings is 1. The van der Waals surface area contributed by atoms with Crippen LogP contribution in [0.25, 0.3) is 0 Å². The maximum absolute atomic E-state index is 5.92. The Morgan fingerprint density at radius 2 is 1.61 bits per heavy atom. The Balaban J connectivity index is 2.24. The summed E-state index contributed by atoms with van der Waals surface area (Å²) in [4.78, 5) is 2.61. The molecule has 23 heavy (non-hydrogen) atoms. The van der Waals surface area contributed by atoms with E-state index < -0.39 is 0 Å². The number of rotatable bonds is 5. The molecule has 0 aromatic heterocycles. The van der Waals surface area contributed by atoms with Crippen molar-refractivity contribution in [1.29, 1.82) is 0 Å². The fourth-order valence-corrected chi connectivity index (χ4v) is 3.80. The van der Waals surface area contributed by atoms with Crippen LogP contribution in [0.2, 0.25) is 0 Å². The first-order valence-electron chi connectivity index (χ1n) is 9.24. The van der Waals surface area contributed by atoms with Gasteiger partial charge in [0.05, 0.1) is 12.2 Å². The first-order valence-corrected chi connectivity index (χ1v) is 9.24. The zero-order valence-electron chi connectivity index (χ0n) is 16.1. The van der Waals surface area contributed by atoms with Crippen molar-refractivity contribution in [3.8, 4) is 0 Å². The van der Waals surface area contributed by atoms with E-state index in [4.69, 9.17) is 4.74 Å². The lowest BCUT2D eigenvalue weighted by Crippen LogP contribution is -2.48. The third-order valence-electron chi connectivity index (χ3n) is 5.39. The molecule has 1 fully saturated rings. The van der Waals surface area contributed by atoms with E-state index in [2.05, 4.69) is 77.6 Å². The van der Waals surface area contributed by atoms with Gasteiger partial charge >= 0.3 is 0 Å². The standard InChI is InChI=1S/C21H35NO/c1-8-21(6,7)19-11-9-18(10-12-19)20(15(2)3)22-13-16(4)23-17(5)14-22/h9-12,15-17,20H,8,13-14H2,1-7H3. The fraction of sp³-hybridized carbons (Fsp3) is 0.714. The van der Waals surface area contributed by atoms with Crippen LogP contribution < -0.4 is 0 Å². The monoisotopic (exact) mass is 317 g/mol. The van der Waals surface area contributed by atoms with Crippen molar-refractivity contribution in [2.45, 2.75) is 78.6 Å². The third kappa shape index (κ3) is 4.36. The second-order valence-corrected chi connectivity index (χ2v) is 8.26. The largest absolute Gasteiger partial charge is 0.373 e. The minimum atomic E-state index is 0.258. The molecule has 1 aromatic rings. The molecule has 3 unspecified atom stereocenters. The van der Waals surface area contributed by atoms with Crippen LogP contribution in [0.3, 0.4) is 0 Å². The van der Waals surface area contributed by atoms with Crippen LogP contribution in [0.4, 0.5) is 0 Å². The molecule has 0 aliphatic carbocycles. The molecular weight excluding hydrogens is 282 g/mol. The highest BCUT2D eigenvalue weighted by Crippen LogP contribution is 2.33. The van der Waals surface area contributed by atoms with Gasteiger partial charge in [0.25, 0.3) is 0 Å². The van der Waals surface area contributed by atoms with Crippen molar-refractivity contribution in [2.24, 2.45) is 5.92 Å². The van der Waals surface area contributed by atoms with Crippen molar-refractivity contribution >= 4 is 0 Å². The van der Waals surface area contributed by atoms with Gasteiger partial charge in [0, 0.05) is 19.1 Å². The Morgan fingerprint density at radius 1 is 1.09 bits per heavy atom. The number of nitrogens with zero attached hydrogens (tertiary/aromatic N) is 1. The first kappa shape index (κ1) is 18.5. The molecule has 1 aliphatic heterocycles. The van der Waals surface area contributed by atoms with Crippen molar-refractivity contribution in [3.05, 3.63) is 35.4 Å². The maximum atomic E-state index is 5.92. The molecule has 2 rings (SSSR count). The summed E-state index contributed by atoms with van der Waals surface area (Å²) in [6.45, 7) is 18.0. The maximum Gasteiger partial charge on any atom is 0.0678 e. The summed E-state index contributed by atoms with van der Waals surface area (Å²) in [5, 5.41) is 0. The highest BCUT2D eigenvalue weighted by molar-refractivity contribution is 5.30. The van der Waals surface area contributed by atoms with E-state index in [1.165, 1.54) is 17.5 Å². The second kappa shape index (κ2) is 7.36. The summed E-state index contributed by atoms with van der Waals surface area (Å²) < 4.78 is 5.92. The third-order valence-corrected chi connectivity index (χ3v) is 5.39. The summed E-state index contributed by atoms with van der Waals surface area (Å²) in [5.41, 5.74) is 3.14. The molecule has 0 radical (unpaired) electrons. The predicted molar refractivity (Wildman–Crippen MR) is 98.9 cm³/mol. The lowest BCUT2D eigenvalue weighted by Gasteiger charge is -2.42. The molecule has 1 aromatic carbocycles. The van der Waals surface area contributed by atoms with Gasteiger partial charge in [0.15, 0.2) is 0 Å². The SMILES string of the molecule is CCC(C)(C)c1ccc(C(C(C)C)N2CC(C)OC(C)C2)cc1. The van der Waals surface area contributed by atoms with Gasteiger partial charge in [0.1, 0.15) is 0 Å². The minimum Gasteiger partial charge on any atom is -0.373 e. The minimum absolute atomic E-state index is 0.258. The average molecular weight is 318 g/mol. The molecular formula is C21H35NO. The lowest BCUT2D eigenvalue weighted by molar-refractivity contribution is -0.0862. The predicted octanol–water partition coefficient (Wildman–Crippen LogP) is 5.18. The van der Waals surface area contributed by atoms with Crippen molar-refractivity contribution in [3.63, 3.8) is 0 Å². The van der Waals surface area contributed by atoms with Crippen LogP contribution in [-0.4, -0.2) is 30.2 Å². The smallest absolute Gasteiger partial charge is 0.0678 e. The van der Waals surface area contributed by atoms with Crippen LogP contribution in [0.1, 0.15) is 72.1 Å². The molecule has 130 valence electrons. The van der Waals surface area contributed by atoms with Crippen LogP contribution in [0, 0.1) is 5.92 Å². The number of ether oxygens (including phenoxy) is 1. The van der Waals surface area contributed by atoms with Crippen molar-refractivity contribution in [1.82, 2.24) is 4.90 Å². The van der Waals surface area contributed by atoms with Crippen LogP contribution in [0.5, 0.6) is 0 Å². The van der Waals surface area contributed by atoms with Gasteiger partial charge < -0.3 is 4.74 Å². The number of morpholine rings is 1. The van der Waals surface area contributed by atoms with E-state index in [0.717, 1.165) is 13.1 Å². The fourth-order valence-electron chi connectivity index (χ4n) is 3.80. The summed E-state index contributed by atoms with van der Waals surface area (Å²) >= 11 is 0. The Kier molecular flexibility index (Phi) is 5.91. The molecule has 2 heteroatoms. The summed E-state index contributed by atoms with van der Waals surface area (Å²) in [5.74, 6) is 0.595. The molecule has 0 saturated carbocycles. The van der Waals surface area contributed by atoms with Gasteiger partial charge in [-0.3, -0.25) is 4.90 Å². The first-order chi connectivity index (χ1) is 10.7. The van der Waals surface area contributed by atoms with Gasteiger partial charge in [-0.1, -0.05) is 58.9 Å². The summed E-state index contributed by atoms with van der Waals surface area (Å²) in [6, 6.07) is 9.84.